The quantitative estimate of drug-likeness (QED) is 0.707. The third-order valence-corrected chi connectivity index (χ3v) is 4.27. The molecule has 0 bridgehead atoms. The summed E-state index contributed by atoms with van der Waals surface area (Å²) in [6.45, 7) is -1.19. The molecule has 0 saturated carbocycles. The van der Waals surface area contributed by atoms with Gasteiger partial charge in [-0.1, -0.05) is 6.07 Å². The van der Waals surface area contributed by atoms with Gasteiger partial charge in [-0.3, -0.25) is 4.79 Å². The van der Waals surface area contributed by atoms with Gasteiger partial charge in [0.1, 0.15) is 4.88 Å². The smallest absolute Gasteiger partial charge is 0.422 e. The number of hydrogen-bond acceptors (Lipinski definition) is 4. The molecule has 0 atom stereocenters. The zero-order valence-electron chi connectivity index (χ0n) is 13.4. The van der Waals surface area contributed by atoms with E-state index < -0.39 is 12.8 Å². The highest BCUT2D eigenvalue weighted by Crippen LogP contribution is 2.21. The van der Waals surface area contributed by atoms with Crippen LogP contribution >= 0.6 is 11.3 Å². The summed E-state index contributed by atoms with van der Waals surface area (Å²) in [7, 11) is 0. The number of amides is 1. The van der Waals surface area contributed by atoms with Gasteiger partial charge in [-0.25, -0.2) is 4.98 Å². The van der Waals surface area contributed by atoms with E-state index in [1.54, 1.807) is 6.07 Å². The normalized spacial score (nSPS) is 11.3. The molecule has 0 unspecified atom stereocenters. The molecule has 5 nitrogen and oxygen atoms in total. The van der Waals surface area contributed by atoms with E-state index in [9.17, 15) is 18.0 Å². The van der Waals surface area contributed by atoms with Gasteiger partial charge >= 0.3 is 6.18 Å². The van der Waals surface area contributed by atoms with E-state index in [2.05, 4.69) is 15.0 Å². The first-order valence-electron chi connectivity index (χ1n) is 7.56. The average molecular weight is 381 g/mol. The molecule has 26 heavy (non-hydrogen) atoms. The number of carbonyl (C=O) groups excluding carboxylic acids is 1. The average Bonchev–Trinajstić information content (AvgIpc) is 3.28. The first-order valence-corrected chi connectivity index (χ1v) is 8.44. The van der Waals surface area contributed by atoms with Crippen molar-refractivity contribution >= 4 is 17.2 Å². The summed E-state index contributed by atoms with van der Waals surface area (Å²) in [5.41, 5.74) is 1.43. The van der Waals surface area contributed by atoms with Crippen molar-refractivity contribution in [1.82, 2.24) is 14.9 Å². The van der Waals surface area contributed by atoms with Crippen molar-refractivity contribution in [3.8, 4) is 11.6 Å². The van der Waals surface area contributed by atoms with E-state index in [4.69, 9.17) is 0 Å². The van der Waals surface area contributed by atoms with Crippen molar-refractivity contribution in [2.45, 2.75) is 12.7 Å². The molecule has 0 fully saturated rings. The highest BCUT2D eigenvalue weighted by Gasteiger charge is 2.28. The number of ether oxygens (including phenoxy) is 1. The van der Waals surface area contributed by atoms with Gasteiger partial charge in [0, 0.05) is 31.2 Å². The van der Waals surface area contributed by atoms with Crippen LogP contribution < -0.4 is 10.1 Å². The molecule has 3 aromatic rings. The van der Waals surface area contributed by atoms with Crippen molar-refractivity contribution in [2.24, 2.45) is 0 Å². The molecule has 0 aliphatic heterocycles. The monoisotopic (exact) mass is 381 g/mol. The molecule has 0 aliphatic rings. The van der Waals surface area contributed by atoms with Crippen LogP contribution in [-0.2, 0) is 6.54 Å². The van der Waals surface area contributed by atoms with Crippen LogP contribution in [0.3, 0.4) is 0 Å². The Labute approximate surface area is 151 Å². The van der Waals surface area contributed by atoms with Gasteiger partial charge in [-0.05, 0) is 29.1 Å². The first kappa shape index (κ1) is 18.0. The van der Waals surface area contributed by atoms with E-state index in [1.807, 2.05) is 40.5 Å². The minimum atomic E-state index is -4.41. The van der Waals surface area contributed by atoms with Crippen molar-refractivity contribution < 1.29 is 22.7 Å². The summed E-state index contributed by atoms with van der Waals surface area (Å²) in [5, 5.41) is 4.61. The number of nitrogens with one attached hydrogen (secondary N) is 1. The SMILES string of the molecule is O=C(NCc1ccc(OCC(F)(F)F)nc1)c1sccc1-n1cccc1. The van der Waals surface area contributed by atoms with Crippen LogP contribution in [0.15, 0.2) is 54.3 Å². The maximum Gasteiger partial charge on any atom is 0.422 e. The Kier molecular flexibility index (Phi) is 5.27. The number of nitrogens with zero attached hydrogens (tertiary/aromatic N) is 2. The molecule has 0 saturated heterocycles. The number of hydrogen-bond donors (Lipinski definition) is 1. The molecule has 9 heteroatoms. The van der Waals surface area contributed by atoms with Crippen LogP contribution in [0, 0.1) is 0 Å². The zero-order valence-corrected chi connectivity index (χ0v) is 14.2. The Morgan fingerprint density at radius 2 is 2.00 bits per heavy atom. The fraction of sp³-hybridized carbons (Fsp3) is 0.176. The van der Waals surface area contributed by atoms with Crippen LogP contribution in [0.25, 0.3) is 5.69 Å². The Balaban J connectivity index is 1.58. The first-order chi connectivity index (χ1) is 12.4. The van der Waals surface area contributed by atoms with Gasteiger partial charge in [0.15, 0.2) is 6.61 Å². The lowest BCUT2D eigenvalue weighted by molar-refractivity contribution is -0.154. The fourth-order valence-corrected chi connectivity index (χ4v) is 3.00. The van der Waals surface area contributed by atoms with Crippen LogP contribution in [0.2, 0.25) is 0 Å². The zero-order chi connectivity index (χ0) is 18.6. The van der Waals surface area contributed by atoms with Gasteiger partial charge < -0.3 is 14.6 Å². The molecule has 3 aromatic heterocycles. The minimum absolute atomic E-state index is 0.120. The topological polar surface area (TPSA) is 56.1 Å². The maximum atomic E-state index is 12.4. The lowest BCUT2D eigenvalue weighted by atomic mass is 10.2. The number of carbonyl (C=O) groups is 1. The Bertz CT molecular complexity index is 858. The molecule has 0 spiro atoms. The molecule has 136 valence electrons. The van der Waals surface area contributed by atoms with Gasteiger partial charge in [-0.15, -0.1) is 11.3 Å². The van der Waals surface area contributed by atoms with E-state index >= 15 is 0 Å². The lowest BCUT2D eigenvalue weighted by Crippen LogP contribution is -2.23. The van der Waals surface area contributed by atoms with Crippen LogP contribution in [0.4, 0.5) is 13.2 Å². The summed E-state index contributed by atoms with van der Waals surface area (Å²) >= 11 is 1.33. The fourth-order valence-electron chi connectivity index (χ4n) is 2.19. The lowest BCUT2D eigenvalue weighted by Gasteiger charge is -2.09. The predicted octanol–water partition coefficient (Wildman–Crippen LogP) is 3.80. The van der Waals surface area contributed by atoms with E-state index in [-0.39, 0.29) is 18.3 Å². The largest absolute Gasteiger partial charge is 0.468 e. The highest BCUT2D eigenvalue weighted by atomic mass is 32.1. The summed E-state index contributed by atoms with van der Waals surface area (Å²) in [4.78, 5) is 16.8. The number of rotatable bonds is 6. The molecular formula is C17H14F3N3O2S. The van der Waals surface area contributed by atoms with Crippen LogP contribution in [-0.4, -0.2) is 28.2 Å². The minimum Gasteiger partial charge on any atom is -0.468 e. The van der Waals surface area contributed by atoms with Crippen molar-refractivity contribution in [3.63, 3.8) is 0 Å². The second kappa shape index (κ2) is 7.61. The number of aromatic nitrogens is 2. The second-order valence-corrected chi connectivity index (χ2v) is 6.23. The summed E-state index contributed by atoms with van der Waals surface area (Å²) < 4.78 is 42.7. The molecule has 3 heterocycles. The molecule has 1 N–H and O–H groups in total. The Morgan fingerprint density at radius 1 is 1.23 bits per heavy atom. The van der Waals surface area contributed by atoms with Crippen molar-refractivity contribution in [1.29, 1.82) is 0 Å². The van der Waals surface area contributed by atoms with Gasteiger partial charge in [0.2, 0.25) is 5.88 Å². The van der Waals surface area contributed by atoms with E-state index in [0.29, 0.717) is 10.4 Å². The summed E-state index contributed by atoms with van der Waals surface area (Å²) in [6, 6.07) is 8.48. The van der Waals surface area contributed by atoms with Crippen LogP contribution in [0.5, 0.6) is 5.88 Å². The summed E-state index contributed by atoms with van der Waals surface area (Å²) in [6.07, 6.45) is 0.657. The molecular weight excluding hydrogens is 367 g/mol. The molecule has 1 amide bonds. The number of halogens is 3. The highest BCUT2D eigenvalue weighted by molar-refractivity contribution is 7.12. The molecule has 0 radical (unpaired) electrons. The number of thiophene rings is 1. The molecule has 0 aromatic carbocycles. The second-order valence-electron chi connectivity index (χ2n) is 5.32. The molecule has 3 rings (SSSR count). The summed E-state index contributed by atoms with van der Waals surface area (Å²) in [5.74, 6) is -0.355. The maximum absolute atomic E-state index is 12.4. The van der Waals surface area contributed by atoms with Crippen LogP contribution in [0.1, 0.15) is 15.2 Å². The van der Waals surface area contributed by atoms with Gasteiger partial charge in [-0.2, -0.15) is 13.2 Å². The van der Waals surface area contributed by atoms with Crippen molar-refractivity contribution in [2.75, 3.05) is 6.61 Å². The standard InChI is InChI=1S/C17H14F3N3O2S/c18-17(19,20)11-25-14-4-3-12(9-21-14)10-22-16(24)15-13(5-8-26-15)23-6-1-2-7-23/h1-9H,10-11H2,(H,22,24). The third kappa shape index (κ3) is 4.63. The van der Waals surface area contributed by atoms with Gasteiger partial charge in [0.05, 0.1) is 5.69 Å². The number of pyridine rings is 1. The predicted molar refractivity (Wildman–Crippen MR) is 90.6 cm³/mol. The van der Waals surface area contributed by atoms with Gasteiger partial charge in [0.25, 0.3) is 5.91 Å². The van der Waals surface area contributed by atoms with E-state index in [1.165, 1.54) is 23.6 Å². The number of alkyl halides is 3. The van der Waals surface area contributed by atoms with E-state index in [0.717, 1.165) is 5.69 Å². The third-order valence-electron chi connectivity index (χ3n) is 3.37. The Morgan fingerprint density at radius 3 is 2.65 bits per heavy atom. The Hall–Kier alpha value is -2.81. The van der Waals surface area contributed by atoms with Crippen molar-refractivity contribution in [3.05, 3.63) is 64.7 Å². The molecule has 0 aliphatic carbocycles.